The van der Waals surface area contributed by atoms with E-state index < -0.39 is 0 Å². The van der Waals surface area contributed by atoms with E-state index in [9.17, 15) is 4.79 Å². The summed E-state index contributed by atoms with van der Waals surface area (Å²) in [6.07, 6.45) is 2.00. The first-order valence-electron chi connectivity index (χ1n) is 7.28. The standard InChI is InChI=1S/C18H22N2OS/c1-12-9-13(2)11-15(10-12)19-14(3)18(21)20-16-7-5-6-8-17(16)22-4/h5-11,14,19H,1-4H3,(H,20,21)/t14-/m1/s1. The monoisotopic (exact) mass is 314 g/mol. The molecule has 22 heavy (non-hydrogen) atoms. The summed E-state index contributed by atoms with van der Waals surface area (Å²) >= 11 is 1.62. The van der Waals surface area contributed by atoms with Crippen LogP contribution in [0.3, 0.4) is 0 Å². The van der Waals surface area contributed by atoms with Crippen molar-refractivity contribution in [3.05, 3.63) is 53.6 Å². The van der Waals surface area contributed by atoms with Gasteiger partial charge in [0.2, 0.25) is 5.91 Å². The molecule has 0 fully saturated rings. The van der Waals surface area contributed by atoms with Crippen LogP contribution in [0.25, 0.3) is 0 Å². The molecular weight excluding hydrogens is 292 g/mol. The first-order chi connectivity index (χ1) is 10.5. The summed E-state index contributed by atoms with van der Waals surface area (Å²) in [5.74, 6) is -0.0411. The Morgan fingerprint density at radius 2 is 1.73 bits per heavy atom. The van der Waals surface area contributed by atoms with Gasteiger partial charge in [-0.25, -0.2) is 0 Å². The maximum atomic E-state index is 12.4. The summed E-state index contributed by atoms with van der Waals surface area (Å²) in [6, 6.07) is 13.7. The first kappa shape index (κ1) is 16.4. The number of hydrogen-bond acceptors (Lipinski definition) is 3. The van der Waals surface area contributed by atoms with E-state index in [0.29, 0.717) is 0 Å². The lowest BCUT2D eigenvalue weighted by Gasteiger charge is -2.17. The van der Waals surface area contributed by atoms with E-state index in [2.05, 4.69) is 30.5 Å². The van der Waals surface area contributed by atoms with Crippen molar-refractivity contribution >= 4 is 29.0 Å². The van der Waals surface area contributed by atoms with E-state index in [1.807, 2.05) is 49.6 Å². The zero-order chi connectivity index (χ0) is 16.1. The lowest BCUT2D eigenvalue weighted by atomic mass is 10.1. The van der Waals surface area contributed by atoms with Crippen LogP contribution in [0.5, 0.6) is 0 Å². The van der Waals surface area contributed by atoms with Crippen molar-refractivity contribution in [3.63, 3.8) is 0 Å². The molecule has 2 aromatic rings. The molecule has 0 heterocycles. The predicted octanol–water partition coefficient (Wildman–Crippen LogP) is 4.46. The van der Waals surface area contributed by atoms with Crippen LogP contribution in [0, 0.1) is 13.8 Å². The molecule has 0 bridgehead atoms. The molecule has 0 saturated carbocycles. The third kappa shape index (κ3) is 4.28. The molecular formula is C18H22N2OS. The number of carbonyl (C=O) groups is 1. The Morgan fingerprint density at radius 3 is 2.36 bits per heavy atom. The molecule has 0 aliphatic rings. The van der Waals surface area contributed by atoms with Crippen molar-refractivity contribution in [2.24, 2.45) is 0 Å². The highest BCUT2D eigenvalue weighted by Gasteiger charge is 2.14. The fourth-order valence-corrected chi connectivity index (χ4v) is 2.92. The molecule has 4 heteroatoms. The molecule has 1 amide bonds. The number of para-hydroxylation sites is 1. The van der Waals surface area contributed by atoms with Crippen molar-refractivity contribution in [3.8, 4) is 0 Å². The van der Waals surface area contributed by atoms with Crippen LogP contribution >= 0.6 is 11.8 Å². The summed E-state index contributed by atoms with van der Waals surface area (Å²) < 4.78 is 0. The second-order valence-electron chi connectivity index (χ2n) is 5.43. The van der Waals surface area contributed by atoms with Crippen LogP contribution in [0.2, 0.25) is 0 Å². The van der Waals surface area contributed by atoms with Gasteiger partial charge in [-0.2, -0.15) is 0 Å². The summed E-state index contributed by atoms with van der Waals surface area (Å²) in [6.45, 7) is 5.98. The smallest absolute Gasteiger partial charge is 0.246 e. The van der Waals surface area contributed by atoms with Crippen LogP contribution in [-0.4, -0.2) is 18.2 Å². The lowest BCUT2D eigenvalue weighted by molar-refractivity contribution is -0.116. The van der Waals surface area contributed by atoms with Crippen molar-refractivity contribution < 1.29 is 4.79 Å². The fraction of sp³-hybridized carbons (Fsp3) is 0.278. The van der Waals surface area contributed by atoms with Crippen LogP contribution in [0.15, 0.2) is 47.4 Å². The van der Waals surface area contributed by atoms with Gasteiger partial charge >= 0.3 is 0 Å². The number of thioether (sulfide) groups is 1. The average Bonchev–Trinajstić information content (AvgIpc) is 2.46. The van der Waals surface area contributed by atoms with Gasteiger partial charge in [-0.3, -0.25) is 4.79 Å². The minimum atomic E-state index is -0.309. The summed E-state index contributed by atoms with van der Waals surface area (Å²) in [4.78, 5) is 13.4. The van der Waals surface area contributed by atoms with E-state index in [-0.39, 0.29) is 11.9 Å². The number of nitrogens with one attached hydrogen (secondary N) is 2. The third-order valence-corrected chi connectivity index (χ3v) is 4.16. The highest BCUT2D eigenvalue weighted by atomic mass is 32.2. The van der Waals surface area contributed by atoms with Gasteiger partial charge in [0.05, 0.1) is 5.69 Å². The zero-order valence-corrected chi connectivity index (χ0v) is 14.3. The topological polar surface area (TPSA) is 41.1 Å². The number of rotatable bonds is 5. The maximum Gasteiger partial charge on any atom is 0.246 e. The minimum absolute atomic E-state index is 0.0411. The molecule has 0 aromatic heterocycles. The van der Waals surface area contributed by atoms with E-state index in [4.69, 9.17) is 0 Å². The van der Waals surface area contributed by atoms with Gasteiger partial charge in [-0.05, 0) is 62.4 Å². The number of benzene rings is 2. The van der Waals surface area contributed by atoms with Gasteiger partial charge in [-0.15, -0.1) is 11.8 Å². The molecule has 0 radical (unpaired) electrons. The highest BCUT2D eigenvalue weighted by molar-refractivity contribution is 7.98. The number of carbonyl (C=O) groups excluding carboxylic acids is 1. The molecule has 0 spiro atoms. The SMILES string of the molecule is CSc1ccccc1NC(=O)[C@@H](C)Nc1cc(C)cc(C)c1. The second-order valence-corrected chi connectivity index (χ2v) is 6.28. The quantitative estimate of drug-likeness (QED) is 0.800. The Balaban J connectivity index is 2.06. The van der Waals surface area contributed by atoms with Gasteiger partial charge in [0, 0.05) is 10.6 Å². The molecule has 0 saturated heterocycles. The Bertz CT molecular complexity index is 650. The largest absolute Gasteiger partial charge is 0.374 e. The van der Waals surface area contributed by atoms with Gasteiger partial charge in [0.1, 0.15) is 6.04 Å². The van der Waals surface area contributed by atoms with Crippen molar-refractivity contribution in [1.82, 2.24) is 0 Å². The first-order valence-corrected chi connectivity index (χ1v) is 8.51. The highest BCUT2D eigenvalue weighted by Crippen LogP contribution is 2.25. The number of anilines is 2. The molecule has 0 unspecified atom stereocenters. The number of hydrogen-bond donors (Lipinski definition) is 2. The fourth-order valence-electron chi connectivity index (χ4n) is 2.36. The van der Waals surface area contributed by atoms with Crippen molar-refractivity contribution in [2.45, 2.75) is 31.7 Å². The summed E-state index contributed by atoms with van der Waals surface area (Å²) in [5, 5.41) is 6.25. The molecule has 1 atom stereocenters. The van der Waals surface area contributed by atoms with Crippen LogP contribution in [0.4, 0.5) is 11.4 Å². The van der Waals surface area contributed by atoms with Crippen LogP contribution in [0.1, 0.15) is 18.1 Å². The van der Waals surface area contributed by atoms with Crippen LogP contribution in [-0.2, 0) is 4.79 Å². The van der Waals surface area contributed by atoms with Crippen molar-refractivity contribution in [2.75, 3.05) is 16.9 Å². The average molecular weight is 314 g/mol. The normalized spacial score (nSPS) is 11.8. The Morgan fingerprint density at radius 1 is 1.09 bits per heavy atom. The minimum Gasteiger partial charge on any atom is -0.374 e. The van der Waals surface area contributed by atoms with E-state index in [0.717, 1.165) is 16.3 Å². The van der Waals surface area contributed by atoms with Crippen LogP contribution < -0.4 is 10.6 Å². The zero-order valence-electron chi connectivity index (χ0n) is 13.4. The summed E-state index contributed by atoms with van der Waals surface area (Å²) in [5.41, 5.74) is 4.19. The Hall–Kier alpha value is -1.94. The van der Waals surface area contributed by atoms with E-state index in [1.54, 1.807) is 11.8 Å². The van der Waals surface area contributed by atoms with E-state index >= 15 is 0 Å². The van der Waals surface area contributed by atoms with Gasteiger partial charge < -0.3 is 10.6 Å². The van der Waals surface area contributed by atoms with Gasteiger partial charge in [-0.1, -0.05) is 18.2 Å². The van der Waals surface area contributed by atoms with Gasteiger partial charge in [0.15, 0.2) is 0 Å². The third-order valence-electron chi connectivity index (χ3n) is 3.36. The predicted molar refractivity (Wildman–Crippen MR) is 95.9 cm³/mol. The van der Waals surface area contributed by atoms with Crippen molar-refractivity contribution in [1.29, 1.82) is 0 Å². The second kappa shape index (κ2) is 7.36. The van der Waals surface area contributed by atoms with E-state index in [1.165, 1.54) is 11.1 Å². The molecule has 2 aromatic carbocycles. The number of aryl methyl sites for hydroxylation is 2. The molecule has 0 aliphatic heterocycles. The van der Waals surface area contributed by atoms with Gasteiger partial charge in [0.25, 0.3) is 0 Å². The lowest BCUT2D eigenvalue weighted by Crippen LogP contribution is -2.32. The molecule has 3 nitrogen and oxygen atoms in total. The maximum absolute atomic E-state index is 12.4. The molecule has 2 rings (SSSR count). The number of amides is 1. The Kier molecular flexibility index (Phi) is 5.50. The Labute approximate surface area is 136 Å². The molecule has 0 aliphatic carbocycles. The molecule has 2 N–H and O–H groups in total. The summed E-state index contributed by atoms with van der Waals surface area (Å²) in [7, 11) is 0. The molecule has 116 valence electrons.